The van der Waals surface area contributed by atoms with Crippen LogP contribution in [0, 0.1) is 31.6 Å². The summed E-state index contributed by atoms with van der Waals surface area (Å²) in [6, 6.07) is 7.04. The molecule has 2 fully saturated rings. The van der Waals surface area contributed by atoms with Crippen LogP contribution in [0.3, 0.4) is 0 Å². The molecule has 2 bridgehead atoms. The van der Waals surface area contributed by atoms with Gasteiger partial charge in [0.25, 0.3) is 5.89 Å². The zero-order valence-electron chi connectivity index (χ0n) is 18.5. The van der Waals surface area contributed by atoms with Crippen molar-refractivity contribution in [1.29, 1.82) is 0 Å². The highest BCUT2D eigenvalue weighted by molar-refractivity contribution is 7.90. The number of aryl methyl sites for hydroxylation is 1. The minimum atomic E-state index is -3.76. The van der Waals surface area contributed by atoms with E-state index in [-0.39, 0.29) is 28.7 Å². The fourth-order valence-corrected chi connectivity index (χ4v) is 7.22. The molecule has 5 rings (SSSR count). The fraction of sp³-hybridized carbons (Fsp3) is 0.522. The Morgan fingerprint density at radius 1 is 1.16 bits per heavy atom. The van der Waals surface area contributed by atoms with Gasteiger partial charge in [-0.15, -0.1) is 0 Å². The molecule has 170 valence electrons. The van der Waals surface area contributed by atoms with Gasteiger partial charge in [0.2, 0.25) is 15.0 Å². The third-order valence-electron chi connectivity index (χ3n) is 7.33. The van der Waals surface area contributed by atoms with Crippen LogP contribution < -0.4 is 0 Å². The van der Waals surface area contributed by atoms with Crippen LogP contribution >= 0.6 is 11.6 Å². The lowest BCUT2D eigenvalue weighted by Crippen LogP contribution is -2.26. The van der Waals surface area contributed by atoms with E-state index >= 15 is 0 Å². The van der Waals surface area contributed by atoms with Crippen molar-refractivity contribution in [1.82, 2.24) is 19.7 Å². The molecular formula is C23H27ClN4O3S. The van der Waals surface area contributed by atoms with Crippen molar-refractivity contribution in [3.8, 4) is 11.5 Å². The Labute approximate surface area is 193 Å². The normalized spacial score (nSPS) is 23.7. The minimum absolute atomic E-state index is 0.0890. The van der Waals surface area contributed by atoms with Gasteiger partial charge in [0.05, 0.1) is 5.69 Å². The van der Waals surface area contributed by atoms with Gasteiger partial charge in [0.1, 0.15) is 5.75 Å². The van der Waals surface area contributed by atoms with E-state index in [2.05, 4.69) is 22.0 Å². The summed E-state index contributed by atoms with van der Waals surface area (Å²) < 4.78 is 34.1. The maximum absolute atomic E-state index is 13.4. The van der Waals surface area contributed by atoms with Gasteiger partial charge in [-0.1, -0.05) is 23.2 Å². The van der Waals surface area contributed by atoms with Gasteiger partial charge in [-0.05, 0) is 82.1 Å². The molecule has 9 heteroatoms. The Morgan fingerprint density at radius 3 is 2.56 bits per heavy atom. The molecule has 1 aromatic carbocycles. The first-order valence-electron chi connectivity index (χ1n) is 11.1. The maximum atomic E-state index is 13.4. The second-order valence-corrected chi connectivity index (χ2v) is 11.6. The summed E-state index contributed by atoms with van der Waals surface area (Å²) in [5.41, 5.74) is 2.34. The van der Waals surface area contributed by atoms with Crippen molar-refractivity contribution in [3.63, 3.8) is 0 Å². The van der Waals surface area contributed by atoms with E-state index in [0.29, 0.717) is 22.4 Å². The van der Waals surface area contributed by atoms with Crippen molar-refractivity contribution in [2.24, 2.45) is 17.8 Å². The van der Waals surface area contributed by atoms with E-state index in [1.807, 2.05) is 18.4 Å². The average molecular weight is 475 g/mol. The molecule has 2 aliphatic rings. The Balaban J connectivity index is 1.43. The lowest BCUT2D eigenvalue weighted by molar-refractivity contribution is 0.231. The number of benzene rings is 1. The van der Waals surface area contributed by atoms with Gasteiger partial charge < -0.3 is 9.09 Å². The van der Waals surface area contributed by atoms with Crippen LogP contribution in [0.1, 0.15) is 55.9 Å². The van der Waals surface area contributed by atoms with Gasteiger partial charge >= 0.3 is 0 Å². The predicted molar refractivity (Wildman–Crippen MR) is 121 cm³/mol. The second-order valence-electron chi connectivity index (χ2n) is 9.30. The van der Waals surface area contributed by atoms with Gasteiger partial charge in [-0.2, -0.15) is 4.98 Å². The highest BCUT2D eigenvalue weighted by Crippen LogP contribution is 2.52. The first-order valence-corrected chi connectivity index (χ1v) is 13.1. The molecule has 2 heterocycles. The summed E-state index contributed by atoms with van der Waals surface area (Å²) in [6.07, 6.45) is 5.02. The molecule has 7 nitrogen and oxygen atoms in total. The molecule has 2 saturated carbocycles. The Hall–Kier alpha value is -2.19. The van der Waals surface area contributed by atoms with Crippen LogP contribution in [0.2, 0.25) is 5.02 Å². The van der Waals surface area contributed by atoms with E-state index in [9.17, 15) is 8.42 Å². The maximum Gasteiger partial charge on any atom is 0.257 e. The summed E-state index contributed by atoms with van der Waals surface area (Å²) in [4.78, 5) is 8.78. The number of sulfone groups is 1. The molecule has 2 aromatic heterocycles. The largest absolute Gasteiger partial charge is 0.334 e. The Bertz CT molecular complexity index is 1250. The standard InChI is InChI=1S/C23H27ClN4O3S/c1-13-14(2)28(15(3)20-11-16-4-5-18(20)10-16)23(25-13)32(29,30)12-21-26-22(31-27-21)17-6-8-19(24)9-7-17/h6-9,15-16,18,20H,4-5,10-12H2,1-3H3/t15-,16+,18+,20-/m1/s1. The van der Waals surface area contributed by atoms with E-state index in [4.69, 9.17) is 16.1 Å². The molecule has 0 saturated heterocycles. The monoisotopic (exact) mass is 474 g/mol. The number of nitrogens with zero attached hydrogens (tertiary/aromatic N) is 4. The molecule has 0 aliphatic heterocycles. The molecule has 32 heavy (non-hydrogen) atoms. The summed E-state index contributed by atoms with van der Waals surface area (Å²) in [7, 11) is -3.76. The summed E-state index contributed by atoms with van der Waals surface area (Å²) in [5.74, 6) is 2.00. The SMILES string of the molecule is Cc1nc(S(=O)(=O)Cc2noc(-c3ccc(Cl)cc3)n2)n([C@H](C)[C@H]2C[C@H]3CC[C@H]2C3)c1C. The summed E-state index contributed by atoms with van der Waals surface area (Å²) in [5, 5.41) is 4.61. The highest BCUT2D eigenvalue weighted by Gasteiger charge is 2.43. The number of hydrogen-bond acceptors (Lipinski definition) is 6. The van der Waals surface area contributed by atoms with Crippen molar-refractivity contribution in [3.05, 3.63) is 46.5 Å². The van der Waals surface area contributed by atoms with Crippen molar-refractivity contribution in [2.45, 2.75) is 63.4 Å². The van der Waals surface area contributed by atoms with E-state index < -0.39 is 9.84 Å². The molecule has 4 atom stereocenters. The van der Waals surface area contributed by atoms with Gasteiger partial charge in [0, 0.05) is 22.3 Å². The first kappa shape index (κ1) is 21.6. The Kier molecular flexibility index (Phi) is 5.40. The number of aromatic nitrogens is 4. The smallest absolute Gasteiger partial charge is 0.257 e. The van der Waals surface area contributed by atoms with Crippen LogP contribution in [0.5, 0.6) is 0 Å². The number of hydrogen-bond donors (Lipinski definition) is 0. The van der Waals surface area contributed by atoms with Gasteiger partial charge in [-0.25, -0.2) is 13.4 Å². The van der Waals surface area contributed by atoms with Gasteiger partial charge in [0.15, 0.2) is 5.82 Å². The quantitative estimate of drug-likeness (QED) is 0.489. The number of fused-ring (bicyclic) bond motifs is 2. The Morgan fingerprint density at radius 2 is 1.91 bits per heavy atom. The third kappa shape index (κ3) is 3.77. The topological polar surface area (TPSA) is 90.9 Å². The number of rotatable bonds is 6. The second kappa shape index (κ2) is 7.99. The number of imidazole rings is 1. The molecule has 0 unspecified atom stereocenters. The van der Waals surface area contributed by atoms with Gasteiger partial charge in [-0.3, -0.25) is 0 Å². The van der Waals surface area contributed by atoms with Crippen LogP contribution in [0.25, 0.3) is 11.5 Å². The highest BCUT2D eigenvalue weighted by atomic mass is 35.5. The predicted octanol–water partition coefficient (Wildman–Crippen LogP) is 5.17. The van der Waals surface area contributed by atoms with Crippen LogP contribution in [-0.2, 0) is 15.6 Å². The first-order chi connectivity index (χ1) is 15.2. The third-order valence-corrected chi connectivity index (χ3v) is 9.07. The van der Waals surface area contributed by atoms with Crippen molar-refractivity contribution >= 4 is 21.4 Å². The average Bonchev–Trinajstić information content (AvgIpc) is 3.54. The van der Waals surface area contributed by atoms with Crippen LogP contribution in [-0.4, -0.2) is 28.1 Å². The van der Waals surface area contributed by atoms with Crippen molar-refractivity contribution in [2.75, 3.05) is 0 Å². The molecule has 2 aliphatic carbocycles. The molecule has 0 amide bonds. The lowest BCUT2D eigenvalue weighted by Gasteiger charge is -2.30. The molecule has 0 radical (unpaired) electrons. The zero-order valence-corrected chi connectivity index (χ0v) is 20.0. The molecule has 0 N–H and O–H groups in total. The molecule has 0 spiro atoms. The van der Waals surface area contributed by atoms with Crippen molar-refractivity contribution < 1.29 is 12.9 Å². The lowest BCUT2D eigenvalue weighted by atomic mass is 9.84. The zero-order chi connectivity index (χ0) is 22.6. The minimum Gasteiger partial charge on any atom is -0.334 e. The van der Waals surface area contributed by atoms with Crippen LogP contribution in [0.15, 0.2) is 33.9 Å². The molecular weight excluding hydrogens is 448 g/mol. The van der Waals surface area contributed by atoms with E-state index in [1.165, 1.54) is 25.7 Å². The van der Waals surface area contributed by atoms with Crippen LogP contribution in [0.4, 0.5) is 0 Å². The van der Waals surface area contributed by atoms with E-state index in [0.717, 1.165) is 17.3 Å². The summed E-state index contributed by atoms with van der Waals surface area (Å²) in [6.45, 7) is 5.97. The fourth-order valence-electron chi connectivity index (χ4n) is 5.63. The molecule has 3 aromatic rings. The summed E-state index contributed by atoms with van der Waals surface area (Å²) >= 11 is 5.93. The number of halogens is 1. The van der Waals surface area contributed by atoms with E-state index in [1.54, 1.807) is 24.3 Å².